The molecule has 1 aliphatic carbocycles. The van der Waals surface area contributed by atoms with Crippen LogP contribution in [0.4, 0.5) is 0 Å². The zero-order valence-corrected chi connectivity index (χ0v) is 11.2. The molecule has 104 valence electrons. The van der Waals surface area contributed by atoms with Crippen LogP contribution < -0.4 is 11.1 Å². The Labute approximate surface area is 108 Å². The zero-order valence-electron chi connectivity index (χ0n) is 11.2. The van der Waals surface area contributed by atoms with Crippen molar-refractivity contribution in [3.8, 4) is 0 Å². The van der Waals surface area contributed by atoms with Crippen molar-refractivity contribution in [3.05, 3.63) is 0 Å². The molecule has 0 saturated heterocycles. The highest BCUT2D eigenvalue weighted by molar-refractivity contribution is 5.85. The largest absolute Gasteiger partial charge is 0.480 e. The van der Waals surface area contributed by atoms with Crippen molar-refractivity contribution in [1.82, 2.24) is 5.32 Å². The van der Waals surface area contributed by atoms with Gasteiger partial charge in [0.25, 0.3) is 0 Å². The van der Waals surface area contributed by atoms with Crippen LogP contribution in [0.5, 0.6) is 0 Å². The van der Waals surface area contributed by atoms with Gasteiger partial charge in [0.05, 0.1) is 0 Å². The van der Waals surface area contributed by atoms with Gasteiger partial charge in [0.15, 0.2) is 0 Å². The van der Waals surface area contributed by atoms with Gasteiger partial charge < -0.3 is 16.2 Å². The second kappa shape index (κ2) is 6.73. The summed E-state index contributed by atoms with van der Waals surface area (Å²) in [6.07, 6.45) is 3.84. The Bertz CT molecular complexity index is 305. The molecule has 1 aliphatic rings. The average Bonchev–Trinajstić information content (AvgIpc) is 2.27. The number of carboxylic acid groups (broad SMARTS) is 1. The molecule has 5 nitrogen and oxygen atoms in total. The van der Waals surface area contributed by atoms with Crippen molar-refractivity contribution < 1.29 is 14.7 Å². The standard InChI is InChI=1S/C13H24N2O3/c1-8(2)6-11(13(17)18)15-12(16)9-4-3-5-10(14)7-9/h8-11H,3-7,14H2,1-2H3,(H,15,16)(H,17,18)/t9?,10?,11-/m0/s1. The number of rotatable bonds is 5. The van der Waals surface area contributed by atoms with Gasteiger partial charge in [0.1, 0.15) is 6.04 Å². The summed E-state index contributed by atoms with van der Waals surface area (Å²) in [4.78, 5) is 23.1. The number of nitrogens with one attached hydrogen (secondary N) is 1. The summed E-state index contributed by atoms with van der Waals surface area (Å²) in [5.74, 6) is -1.00. The number of amides is 1. The van der Waals surface area contributed by atoms with Crippen molar-refractivity contribution in [1.29, 1.82) is 0 Å². The Kier molecular flexibility index (Phi) is 5.59. The van der Waals surface area contributed by atoms with Crippen molar-refractivity contribution >= 4 is 11.9 Å². The fraction of sp³-hybridized carbons (Fsp3) is 0.846. The second-order valence-corrected chi connectivity index (χ2v) is 5.65. The molecule has 0 radical (unpaired) electrons. The van der Waals surface area contributed by atoms with Crippen LogP contribution in [0.1, 0.15) is 46.0 Å². The Morgan fingerprint density at radius 1 is 1.39 bits per heavy atom. The van der Waals surface area contributed by atoms with Crippen LogP contribution in [-0.2, 0) is 9.59 Å². The minimum atomic E-state index is -0.961. The maximum atomic E-state index is 12.0. The molecule has 0 aromatic carbocycles. The van der Waals surface area contributed by atoms with E-state index in [9.17, 15) is 9.59 Å². The third-order valence-corrected chi connectivity index (χ3v) is 3.41. The highest BCUT2D eigenvalue weighted by Crippen LogP contribution is 2.23. The number of hydrogen-bond acceptors (Lipinski definition) is 3. The minimum absolute atomic E-state index is 0.0721. The second-order valence-electron chi connectivity index (χ2n) is 5.65. The monoisotopic (exact) mass is 256 g/mol. The summed E-state index contributed by atoms with van der Waals surface area (Å²) in [6.45, 7) is 3.89. The highest BCUT2D eigenvalue weighted by Gasteiger charge is 2.29. The lowest BCUT2D eigenvalue weighted by Crippen LogP contribution is -2.46. The van der Waals surface area contributed by atoms with Crippen molar-refractivity contribution in [2.24, 2.45) is 17.6 Å². The first-order valence-electron chi connectivity index (χ1n) is 6.69. The number of hydrogen-bond donors (Lipinski definition) is 3. The predicted molar refractivity (Wildman–Crippen MR) is 69.0 cm³/mol. The summed E-state index contributed by atoms with van der Waals surface area (Å²) in [5.41, 5.74) is 5.84. The fourth-order valence-corrected chi connectivity index (χ4v) is 2.45. The molecular formula is C13H24N2O3. The third kappa shape index (κ3) is 4.64. The van der Waals surface area contributed by atoms with Gasteiger partial charge in [-0.2, -0.15) is 0 Å². The van der Waals surface area contributed by atoms with Gasteiger partial charge in [-0.15, -0.1) is 0 Å². The summed E-state index contributed by atoms with van der Waals surface area (Å²) in [6, 6.07) is -0.710. The van der Waals surface area contributed by atoms with Crippen LogP contribution >= 0.6 is 0 Å². The Balaban J connectivity index is 2.52. The average molecular weight is 256 g/mol. The Morgan fingerprint density at radius 3 is 2.56 bits per heavy atom. The lowest BCUT2D eigenvalue weighted by molar-refractivity contribution is -0.143. The lowest BCUT2D eigenvalue weighted by Gasteiger charge is -2.27. The van der Waals surface area contributed by atoms with Crippen molar-refractivity contribution in [3.63, 3.8) is 0 Å². The molecule has 2 unspecified atom stereocenters. The quantitative estimate of drug-likeness (QED) is 0.687. The molecule has 0 bridgehead atoms. The number of carbonyl (C=O) groups is 2. The molecule has 18 heavy (non-hydrogen) atoms. The van der Waals surface area contributed by atoms with Crippen LogP contribution in [0.2, 0.25) is 0 Å². The number of carboxylic acids is 1. The number of nitrogens with two attached hydrogens (primary N) is 1. The Hall–Kier alpha value is -1.10. The summed E-state index contributed by atoms with van der Waals surface area (Å²) >= 11 is 0. The molecule has 0 aromatic heterocycles. The molecule has 1 fully saturated rings. The van der Waals surface area contributed by atoms with Gasteiger partial charge in [0, 0.05) is 12.0 Å². The molecule has 0 aliphatic heterocycles. The number of carbonyl (C=O) groups excluding carboxylic acids is 1. The minimum Gasteiger partial charge on any atom is -0.480 e. The van der Waals surface area contributed by atoms with Crippen molar-refractivity contribution in [2.75, 3.05) is 0 Å². The van der Waals surface area contributed by atoms with Gasteiger partial charge in [-0.3, -0.25) is 4.79 Å². The summed E-state index contributed by atoms with van der Waals surface area (Å²) < 4.78 is 0. The van der Waals surface area contributed by atoms with E-state index in [4.69, 9.17) is 10.8 Å². The van der Waals surface area contributed by atoms with Gasteiger partial charge >= 0.3 is 5.97 Å². The molecule has 0 heterocycles. The molecule has 1 saturated carbocycles. The molecule has 0 spiro atoms. The zero-order chi connectivity index (χ0) is 13.7. The van der Waals surface area contributed by atoms with E-state index in [-0.39, 0.29) is 23.8 Å². The third-order valence-electron chi connectivity index (χ3n) is 3.41. The molecule has 1 rings (SSSR count). The van der Waals surface area contributed by atoms with Crippen LogP contribution in [0.25, 0.3) is 0 Å². The van der Waals surface area contributed by atoms with E-state index >= 15 is 0 Å². The lowest BCUT2D eigenvalue weighted by atomic mass is 9.85. The topological polar surface area (TPSA) is 92.4 Å². The first-order chi connectivity index (χ1) is 8.40. The van der Waals surface area contributed by atoms with Crippen molar-refractivity contribution in [2.45, 2.75) is 58.0 Å². The Morgan fingerprint density at radius 2 is 2.06 bits per heavy atom. The number of aliphatic carboxylic acids is 1. The first-order valence-corrected chi connectivity index (χ1v) is 6.69. The van der Waals surface area contributed by atoms with E-state index in [1.807, 2.05) is 13.8 Å². The molecular weight excluding hydrogens is 232 g/mol. The smallest absolute Gasteiger partial charge is 0.326 e. The van der Waals surface area contributed by atoms with Crippen LogP contribution in [0.15, 0.2) is 0 Å². The molecule has 3 atom stereocenters. The molecule has 0 aromatic rings. The summed E-state index contributed by atoms with van der Waals surface area (Å²) in [5, 5.41) is 11.7. The van der Waals surface area contributed by atoms with Gasteiger partial charge in [-0.05, 0) is 31.6 Å². The van der Waals surface area contributed by atoms with E-state index in [1.165, 1.54) is 0 Å². The predicted octanol–water partition coefficient (Wildman–Crippen LogP) is 1.12. The highest BCUT2D eigenvalue weighted by atomic mass is 16.4. The van der Waals surface area contributed by atoms with E-state index < -0.39 is 12.0 Å². The van der Waals surface area contributed by atoms with Crippen LogP contribution in [0.3, 0.4) is 0 Å². The van der Waals surface area contributed by atoms with E-state index in [1.54, 1.807) is 0 Å². The molecule has 4 N–H and O–H groups in total. The van der Waals surface area contributed by atoms with E-state index in [2.05, 4.69) is 5.32 Å². The SMILES string of the molecule is CC(C)C[C@H](NC(=O)C1CCCC(N)C1)C(=O)O. The molecule has 5 heteroatoms. The van der Waals surface area contributed by atoms with Gasteiger partial charge in [-0.1, -0.05) is 20.3 Å². The normalized spacial score (nSPS) is 25.8. The van der Waals surface area contributed by atoms with Crippen LogP contribution in [0, 0.1) is 11.8 Å². The summed E-state index contributed by atoms with van der Waals surface area (Å²) in [7, 11) is 0. The molecule has 1 amide bonds. The maximum Gasteiger partial charge on any atom is 0.326 e. The van der Waals surface area contributed by atoms with Crippen LogP contribution in [-0.4, -0.2) is 29.1 Å². The van der Waals surface area contributed by atoms with E-state index in [0.29, 0.717) is 12.8 Å². The van der Waals surface area contributed by atoms with Gasteiger partial charge in [-0.25, -0.2) is 4.79 Å². The van der Waals surface area contributed by atoms with E-state index in [0.717, 1.165) is 19.3 Å². The maximum absolute atomic E-state index is 12.0. The first kappa shape index (κ1) is 15.0. The fourth-order valence-electron chi connectivity index (χ4n) is 2.45. The van der Waals surface area contributed by atoms with Gasteiger partial charge in [0.2, 0.25) is 5.91 Å².